The third kappa shape index (κ3) is 3.48. The van der Waals surface area contributed by atoms with Crippen molar-refractivity contribution >= 4 is 22.8 Å². The van der Waals surface area contributed by atoms with Crippen LogP contribution >= 0.6 is 0 Å². The van der Waals surface area contributed by atoms with E-state index in [1.165, 1.54) is 0 Å². The van der Waals surface area contributed by atoms with E-state index in [2.05, 4.69) is 37.5 Å². The number of benzene rings is 1. The Kier molecular flexibility index (Phi) is 5.08. The molecule has 35 heavy (non-hydrogen) atoms. The Morgan fingerprint density at radius 1 is 1.20 bits per heavy atom. The maximum atomic E-state index is 13.0. The summed E-state index contributed by atoms with van der Waals surface area (Å²) in [4.78, 5) is 35.7. The minimum absolute atomic E-state index is 0.0682. The molecule has 178 valence electrons. The monoisotopic (exact) mass is 470 g/mol. The van der Waals surface area contributed by atoms with Gasteiger partial charge in [0.15, 0.2) is 5.65 Å². The van der Waals surface area contributed by atoms with Gasteiger partial charge in [0.05, 0.1) is 12.2 Å². The van der Waals surface area contributed by atoms with Gasteiger partial charge in [-0.15, -0.1) is 0 Å². The number of aryl methyl sites for hydroxylation is 2. The highest BCUT2D eigenvalue weighted by atomic mass is 16.5. The summed E-state index contributed by atoms with van der Waals surface area (Å²) in [5.41, 5.74) is 4.67. The summed E-state index contributed by atoms with van der Waals surface area (Å²) in [7, 11) is 0. The number of carbonyl (C=O) groups is 1. The summed E-state index contributed by atoms with van der Waals surface area (Å²) in [5, 5.41) is 6.54. The van der Waals surface area contributed by atoms with Gasteiger partial charge in [-0.05, 0) is 39.3 Å². The Morgan fingerprint density at radius 3 is 2.77 bits per heavy atom. The van der Waals surface area contributed by atoms with Crippen LogP contribution in [0.25, 0.3) is 33.8 Å². The topological polar surface area (TPSA) is 120 Å². The Labute approximate surface area is 202 Å². The molecule has 3 aromatic heterocycles. The zero-order valence-electron chi connectivity index (χ0n) is 19.9. The zero-order chi connectivity index (χ0) is 24.2. The lowest BCUT2D eigenvalue weighted by Crippen LogP contribution is -2.50. The van der Waals surface area contributed by atoms with Crippen LogP contribution in [0.1, 0.15) is 31.7 Å². The van der Waals surface area contributed by atoms with Crippen LogP contribution < -0.4 is 10.6 Å². The van der Waals surface area contributed by atoms with Gasteiger partial charge < -0.3 is 14.6 Å². The second kappa shape index (κ2) is 8.17. The number of ether oxygens (including phenoxy) is 1. The van der Waals surface area contributed by atoms with Gasteiger partial charge in [0.1, 0.15) is 34.7 Å². The number of aromatic nitrogens is 6. The summed E-state index contributed by atoms with van der Waals surface area (Å²) < 4.78 is 7.55. The maximum absolute atomic E-state index is 13.0. The van der Waals surface area contributed by atoms with E-state index in [4.69, 9.17) is 9.72 Å². The van der Waals surface area contributed by atoms with Crippen LogP contribution in [0, 0.1) is 6.92 Å². The molecule has 2 aliphatic heterocycles. The lowest BCUT2D eigenvalue weighted by molar-refractivity contribution is -0.121. The van der Waals surface area contributed by atoms with Crippen molar-refractivity contribution < 1.29 is 9.53 Å². The smallest absolute Gasteiger partial charge is 0.249 e. The van der Waals surface area contributed by atoms with E-state index >= 15 is 0 Å². The number of fused-ring (bicyclic) bond motifs is 2. The Bertz CT molecular complexity index is 1440. The molecule has 0 bridgehead atoms. The summed E-state index contributed by atoms with van der Waals surface area (Å²) in [6.07, 6.45) is 5.99. The summed E-state index contributed by atoms with van der Waals surface area (Å²) >= 11 is 0. The quantitative estimate of drug-likeness (QED) is 0.457. The average Bonchev–Trinajstić information content (AvgIpc) is 3.57. The molecular formula is C25H26N8O2. The number of nitrogens with one attached hydrogen (secondary N) is 2. The van der Waals surface area contributed by atoms with Crippen LogP contribution in [0.3, 0.4) is 0 Å². The number of imidazole rings is 1. The molecule has 0 spiro atoms. The van der Waals surface area contributed by atoms with E-state index in [0.717, 1.165) is 40.3 Å². The molecule has 2 atom stereocenters. The van der Waals surface area contributed by atoms with Gasteiger partial charge in [0.2, 0.25) is 5.91 Å². The third-order valence-corrected chi connectivity index (χ3v) is 6.84. The van der Waals surface area contributed by atoms with Crippen LogP contribution in [0.4, 0.5) is 5.69 Å². The molecule has 4 aromatic rings. The molecule has 1 amide bonds. The molecule has 0 unspecified atom stereocenters. The Morgan fingerprint density at radius 2 is 2.03 bits per heavy atom. The van der Waals surface area contributed by atoms with Crippen molar-refractivity contribution in [2.24, 2.45) is 0 Å². The lowest BCUT2D eigenvalue weighted by Gasteiger charge is -2.27. The van der Waals surface area contributed by atoms with Gasteiger partial charge in [-0.2, -0.15) is 0 Å². The first kappa shape index (κ1) is 21.8. The number of amides is 1. The summed E-state index contributed by atoms with van der Waals surface area (Å²) in [6, 6.07) is 6.05. The van der Waals surface area contributed by atoms with Crippen molar-refractivity contribution in [3.8, 4) is 22.6 Å². The van der Waals surface area contributed by atoms with E-state index in [0.29, 0.717) is 36.8 Å². The van der Waals surface area contributed by atoms with E-state index < -0.39 is 5.54 Å². The van der Waals surface area contributed by atoms with Crippen LogP contribution in [0.15, 0.2) is 36.9 Å². The molecule has 1 fully saturated rings. The number of hydrogen-bond acceptors (Lipinski definition) is 8. The van der Waals surface area contributed by atoms with Crippen LogP contribution in [-0.4, -0.2) is 54.6 Å². The van der Waals surface area contributed by atoms with Gasteiger partial charge in [-0.1, -0.05) is 6.07 Å². The number of nitrogens with zero attached hydrogens (tertiary/aromatic N) is 6. The molecule has 0 radical (unpaired) electrons. The molecule has 10 nitrogen and oxygen atoms in total. The molecule has 0 aliphatic carbocycles. The minimum Gasteiger partial charge on any atom is -0.380 e. The van der Waals surface area contributed by atoms with E-state index in [1.807, 2.05) is 36.6 Å². The number of carbonyl (C=O) groups excluding carboxylic acids is 1. The predicted molar refractivity (Wildman–Crippen MR) is 131 cm³/mol. The summed E-state index contributed by atoms with van der Waals surface area (Å²) in [6.45, 7) is 7.82. The third-order valence-electron chi connectivity index (χ3n) is 6.84. The van der Waals surface area contributed by atoms with Gasteiger partial charge in [0, 0.05) is 48.4 Å². The van der Waals surface area contributed by atoms with Gasteiger partial charge >= 0.3 is 0 Å². The van der Waals surface area contributed by atoms with E-state index in [1.54, 1.807) is 18.7 Å². The second-order valence-electron chi connectivity index (χ2n) is 9.14. The molecule has 10 heteroatoms. The first-order valence-corrected chi connectivity index (χ1v) is 11.8. The normalized spacial score (nSPS) is 21.5. The Hall–Kier alpha value is -3.76. The highest BCUT2D eigenvalue weighted by Gasteiger charge is 2.44. The van der Waals surface area contributed by atoms with E-state index in [9.17, 15) is 4.79 Å². The van der Waals surface area contributed by atoms with Crippen molar-refractivity contribution in [3.05, 3.63) is 48.3 Å². The molecule has 1 aromatic carbocycles. The molecule has 0 saturated carbocycles. The van der Waals surface area contributed by atoms with Gasteiger partial charge in [0.25, 0.3) is 0 Å². The fourth-order valence-corrected chi connectivity index (χ4v) is 4.96. The van der Waals surface area contributed by atoms with E-state index in [-0.39, 0.29) is 11.9 Å². The fourth-order valence-electron chi connectivity index (χ4n) is 4.96. The highest BCUT2D eigenvalue weighted by Crippen LogP contribution is 2.40. The van der Waals surface area contributed by atoms with Crippen molar-refractivity contribution in [2.75, 3.05) is 18.5 Å². The van der Waals surface area contributed by atoms with Gasteiger partial charge in [-0.3, -0.25) is 10.1 Å². The molecule has 1 saturated heterocycles. The zero-order valence-corrected chi connectivity index (χ0v) is 19.9. The molecule has 2 aliphatic rings. The standard InChI is InChI=1S/C25H26N8O2/c1-4-33-22(16-10-26-14(2)27-11-16)31-21-20(28-13-29-23(21)33)15-5-6-19-18(9-15)25(3,24(34)30-19)32-17-7-8-35-12-17/h5-6,9-11,13,17,32H,4,7-8,12H2,1-3H3,(H,30,34)/t17-,25+/m0/s1. The van der Waals surface area contributed by atoms with Crippen molar-refractivity contribution in [1.82, 2.24) is 34.8 Å². The van der Waals surface area contributed by atoms with Crippen LogP contribution in [0.5, 0.6) is 0 Å². The van der Waals surface area contributed by atoms with Crippen LogP contribution in [0.2, 0.25) is 0 Å². The number of anilines is 1. The predicted octanol–water partition coefficient (Wildman–Crippen LogP) is 2.82. The molecule has 6 rings (SSSR count). The van der Waals surface area contributed by atoms with Crippen molar-refractivity contribution in [2.45, 2.75) is 45.3 Å². The molecular weight excluding hydrogens is 444 g/mol. The van der Waals surface area contributed by atoms with Crippen LogP contribution in [-0.2, 0) is 21.6 Å². The second-order valence-corrected chi connectivity index (χ2v) is 9.14. The fraction of sp³-hybridized carbons (Fsp3) is 0.360. The minimum atomic E-state index is -0.858. The first-order valence-electron chi connectivity index (χ1n) is 11.8. The molecule has 5 heterocycles. The van der Waals surface area contributed by atoms with Gasteiger partial charge in [-0.25, -0.2) is 24.9 Å². The maximum Gasteiger partial charge on any atom is 0.249 e. The highest BCUT2D eigenvalue weighted by molar-refractivity contribution is 6.06. The van der Waals surface area contributed by atoms with Crippen molar-refractivity contribution in [1.29, 1.82) is 0 Å². The molecule has 2 N–H and O–H groups in total. The lowest BCUT2D eigenvalue weighted by atomic mass is 9.90. The average molecular weight is 471 g/mol. The SMILES string of the molecule is CCn1c(-c2cnc(C)nc2)nc2c(-c3ccc4c(c3)[C@@](C)(N[C@H]3CCOC3)C(=O)N4)ncnc21. The summed E-state index contributed by atoms with van der Waals surface area (Å²) in [5.74, 6) is 1.38. The first-order chi connectivity index (χ1) is 17.0. The number of rotatable bonds is 5. The Balaban J connectivity index is 1.47. The number of hydrogen-bond donors (Lipinski definition) is 2. The largest absolute Gasteiger partial charge is 0.380 e. The van der Waals surface area contributed by atoms with Crippen molar-refractivity contribution in [3.63, 3.8) is 0 Å².